The molecule has 1 atom stereocenters. The SMILES string of the molecule is CCc1ccc(C(=N)c2cc(NS(=O)c3ccccc3S(C)(=O)=O)ccc2N)cc1. The first-order valence-corrected chi connectivity index (χ1v) is 12.3. The van der Waals surface area contributed by atoms with Gasteiger partial charge in [-0.15, -0.1) is 0 Å². The first-order chi connectivity index (χ1) is 14.2. The molecular weight excluding hydrogens is 418 g/mol. The highest BCUT2D eigenvalue weighted by Gasteiger charge is 2.18. The number of nitrogens with one attached hydrogen (secondary N) is 2. The van der Waals surface area contributed by atoms with Crippen molar-refractivity contribution in [3.63, 3.8) is 0 Å². The fourth-order valence-corrected chi connectivity index (χ4v) is 5.31. The van der Waals surface area contributed by atoms with Crippen molar-refractivity contribution in [2.45, 2.75) is 23.1 Å². The van der Waals surface area contributed by atoms with Crippen LogP contribution in [0.1, 0.15) is 23.6 Å². The number of sulfone groups is 1. The van der Waals surface area contributed by atoms with Crippen LogP contribution in [0.5, 0.6) is 0 Å². The van der Waals surface area contributed by atoms with Crippen molar-refractivity contribution in [3.05, 3.63) is 83.4 Å². The van der Waals surface area contributed by atoms with Crippen LogP contribution in [0.4, 0.5) is 11.4 Å². The van der Waals surface area contributed by atoms with Gasteiger partial charge in [-0.25, -0.2) is 12.6 Å². The van der Waals surface area contributed by atoms with E-state index in [2.05, 4.69) is 11.6 Å². The maximum atomic E-state index is 12.8. The van der Waals surface area contributed by atoms with Gasteiger partial charge in [0.2, 0.25) is 0 Å². The van der Waals surface area contributed by atoms with Gasteiger partial charge < -0.3 is 10.5 Å². The molecule has 0 spiro atoms. The van der Waals surface area contributed by atoms with E-state index in [9.17, 15) is 12.6 Å². The molecule has 0 fully saturated rings. The molecule has 0 aromatic heterocycles. The Labute approximate surface area is 179 Å². The highest BCUT2D eigenvalue weighted by atomic mass is 32.2. The summed E-state index contributed by atoms with van der Waals surface area (Å²) in [5.74, 6) is 0. The summed E-state index contributed by atoms with van der Waals surface area (Å²) >= 11 is 0. The highest BCUT2D eigenvalue weighted by molar-refractivity contribution is 7.92. The van der Waals surface area contributed by atoms with Gasteiger partial charge in [0.25, 0.3) is 0 Å². The number of anilines is 2. The number of benzene rings is 3. The van der Waals surface area contributed by atoms with Gasteiger partial charge in [0.1, 0.15) is 0 Å². The topological polar surface area (TPSA) is 113 Å². The Morgan fingerprint density at radius 3 is 2.37 bits per heavy atom. The molecule has 0 saturated heterocycles. The Kier molecular flexibility index (Phi) is 6.38. The average molecular weight is 442 g/mol. The molecule has 0 aliphatic heterocycles. The summed E-state index contributed by atoms with van der Waals surface area (Å²) in [6.45, 7) is 2.06. The predicted octanol–water partition coefficient (Wildman–Crippen LogP) is 3.79. The van der Waals surface area contributed by atoms with Gasteiger partial charge in [0.05, 0.1) is 15.5 Å². The predicted molar refractivity (Wildman–Crippen MR) is 122 cm³/mol. The van der Waals surface area contributed by atoms with Crippen LogP contribution in [0, 0.1) is 5.41 Å². The quantitative estimate of drug-likeness (QED) is 0.382. The van der Waals surface area contributed by atoms with E-state index in [4.69, 9.17) is 11.1 Å². The Bertz CT molecular complexity index is 1220. The third kappa shape index (κ3) is 4.77. The minimum Gasteiger partial charge on any atom is -0.398 e. The maximum Gasteiger partial charge on any atom is 0.176 e. The van der Waals surface area contributed by atoms with Gasteiger partial charge in [-0.05, 0) is 42.3 Å². The molecule has 6 nitrogen and oxygen atoms in total. The summed E-state index contributed by atoms with van der Waals surface area (Å²) in [6.07, 6.45) is 1.99. The van der Waals surface area contributed by atoms with Crippen LogP contribution in [0.15, 0.2) is 76.5 Å². The molecule has 0 aliphatic rings. The molecule has 0 saturated carbocycles. The average Bonchev–Trinajstić information content (AvgIpc) is 2.74. The van der Waals surface area contributed by atoms with Gasteiger partial charge >= 0.3 is 0 Å². The number of aryl methyl sites for hydroxylation is 1. The Morgan fingerprint density at radius 1 is 1.07 bits per heavy atom. The third-order valence-electron chi connectivity index (χ3n) is 4.63. The van der Waals surface area contributed by atoms with Crippen LogP contribution < -0.4 is 10.5 Å². The fraction of sp³-hybridized carbons (Fsp3) is 0.136. The summed E-state index contributed by atoms with van der Waals surface area (Å²) in [5, 5.41) is 8.54. The van der Waals surface area contributed by atoms with Crippen molar-refractivity contribution < 1.29 is 12.6 Å². The van der Waals surface area contributed by atoms with Crippen molar-refractivity contribution in [3.8, 4) is 0 Å². The molecule has 0 amide bonds. The van der Waals surface area contributed by atoms with Crippen molar-refractivity contribution in [1.82, 2.24) is 0 Å². The lowest BCUT2D eigenvalue weighted by atomic mass is 9.99. The zero-order valence-corrected chi connectivity index (χ0v) is 18.3. The molecule has 0 aliphatic carbocycles. The molecule has 1 unspecified atom stereocenters. The minimum atomic E-state index is -3.53. The van der Waals surface area contributed by atoms with Crippen molar-refractivity contribution in [2.75, 3.05) is 16.7 Å². The summed E-state index contributed by atoms with van der Waals surface area (Å²) in [5.41, 5.74) is 9.62. The standard InChI is InChI=1S/C22H23N3O3S2/c1-3-15-8-10-16(11-9-15)22(24)18-14-17(12-13-19(18)23)25-29(26)20-6-4-5-7-21(20)30(2,27)28/h4-14,24-25H,3,23H2,1-2H3. The molecule has 30 heavy (non-hydrogen) atoms. The van der Waals surface area contributed by atoms with Crippen LogP contribution in [0.2, 0.25) is 0 Å². The van der Waals surface area contributed by atoms with E-state index in [1.165, 1.54) is 17.7 Å². The van der Waals surface area contributed by atoms with Gasteiger partial charge in [-0.2, -0.15) is 0 Å². The van der Waals surface area contributed by atoms with Crippen molar-refractivity contribution >= 4 is 37.9 Å². The number of rotatable bonds is 7. The lowest BCUT2D eigenvalue weighted by molar-refractivity contribution is 0.599. The fourth-order valence-electron chi connectivity index (χ4n) is 2.97. The highest BCUT2D eigenvalue weighted by Crippen LogP contribution is 2.25. The number of nitrogens with two attached hydrogens (primary N) is 1. The summed E-state index contributed by atoms with van der Waals surface area (Å²) < 4.78 is 39.6. The van der Waals surface area contributed by atoms with Crippen molar-refractivity contribution in [1.29, 1.82) is 5.41 Å². The molecule has 3 aromatic rings. The maximum absolute atomic E-state index is 12.8. The van der Waals surface area contributed by atoms with Gasteiger partial charge in [-0.3, -0.25) is 5.41 Å². The lowest BCUT2D eigenvalue weighted by Gasteiger charge is -2.13. The number of hydrogen-bond donors (Lipinski definition) is 3. The monoisotopic (exact) mass is 441 g/mol. The van der Waals surface area contributed by atoms with E-state index in [-0.39, 0.29) is 15.5 Å². The smallest absolute Gasteiger partial charge is 0.176 e. The van der Waals surface area contributed by atoms with Crippen LogP contribution >= 0.6 is 0 Å². The van der Waals surface area contributed by atoms with Gasteiger partial charge in [0, 0.05) is 28.8 Å². The zero-order chi connectivity index (χ0) is 21.9. The minimum absolute atomic E-state index is 0.00950. The largest absolute Gasteiger partial charge is 0.398 e. The lowest BCUT2D eigenvalue weighted by Crippen LogP contribution is -2.11. The van der Waals surface area contributed by atoms with E-state index in [0.717, 1.165) is 18.2 Å². The van der Waals surface area contributed by atoms with E-state index >= 15 is 0 Å². The molecule has 0 heterocycles. The van der Waals surface area contributed by atoms with Crippen LogP contribution in [0.3, 0.4) is 0 Å². The molecule has 3 aromatic carbocycles. The second-order valence-electron chi connectivity index (χ2n) is 6.82. The third-order valence-corrected chi connectivity index (χ3v) is 7.09. The molecule has 4 N–H and O–H groups in total. The molecule has 156 valence electrons. The Hall–Kier alpha value is -2.97. The second kappa shape index (κ2) is 8.81. The van der Waals surface area contributed by atoms with Crippen LogP contribution in [-0.2, 0) is 27.2 Å². The molecule has 8 heteroatoms. The summed E-state index contributed by atoms with van der Waals surface area (Å²) in [6, 6.07) is 18.8. The van der Waals surface area contributed by atoms with Gasteiger partial charge in [0.15, 0.2) is 20.8 Å². The second-order valence-corrected chi connectivity index (χ2v) is 9.98. The van der Waals surface area contributed by atoms with E-state index < -0.39 is 20.8 Å². The van der Waals surface area contributed by atoms with E-state index in [1.807, 2.05) is 24.3 Å². The normalized spacial score (nSPS) is 12.3. The zero-order valence-electron chi connectivity index (χ0n) is 16.7. The summed E-state index contributed by atoms with van der Waals surface area (Å²) in [7, 11) is -5.34. The molecule has 3 rings (SSSR count). The molecule has 0 bridgehead atoms. The van der Waals surface area contributed by atoms with Crippen molar-refractivity contribution in [2.24, 2.45) is 0 Å². The van der Waals surface area contributed by atoms with E-state index in [1.54, 1.807) is 30.3 Å². The van der Waals surface area contributed by atoms with Gasteiger partial charge in [-0.1, -0.05) is 43.3 Å². The first-order valence-electron chi connectivity index (χ1n) is 9.26. The molecule has 0 radical (unpaired) electrons. The Balaban J connectivity index is 1.90. The number of hydrogen-bond acceptors (Lipinski definition) is 5. The first kappa shape index (κ1) is 21.7. The van der Waals surface area contributed by atoms with E-state index in [0.29, 0.717) is 16.9 Å². The summed E-state index contributed by atoms with van der Waals surface area (Å²) in [4.78, 5) is 0.180. The van der Waals surface area contributed by atoms with Crippen LogP contribution in [-0.4, -0.2) is 24.6 Å². The number of nitrogen functional groups attached to an aromatic ring is 1. The van der Waals surface area contributed by atoms with Crippen LogP contribution in [0.25, 0.3) is 0 Å². The Morgan fingerprint density at radius 2 is 1.73 bits per heavy atom. The molecular formula is C22H23N3O3S2.